The Morgan fingerprint density at radius 3 is 3.07 bits per heavy atom. The summed E-state index contributed by atoms with van der Waals surface area (Å²) in [5.74, 6) is 1.45. The molecular weight excluding hydrogens is 340 g/mol. The lowest BCUT2D eigenvalue weighted by molar-refractivity contribution is -0.126. The van der Waals surface area contributed by atoms with E-state index < -0.39 is 0 Å². The summed E-state index contributed by atoms with van der Waals surface area (Å²) in [6.45, 7) is 2.94. The van der Waals surface area contributed by atoms with Crippen LogP contribution in [-0.4, -0.2) is 42.1 Å². The number of ether oxygens (including phenoxy) is 1. The lowest BCUT2D eigenvalue weighted by Gasteiger charge is -2.29. The summed E-state index contributed by atoms with van der Waals surface area (Å²) in [5, 5.41) is 6.44. The highest BCUT2D eigenvalue weighted by Gasteiger charge is 2.27. The maximum Gasteiger partial charge on any atom is 0.224 e. The predicted molar refractivity (Wildman–Crippen MR) is 104 cm³/mol. The van der Waals surface area contributed by atoms with Crippen LogP contribution in [0.4, 0.5) is 0 Å². The van der Waals surface area contributed by atoms with E-state index in [2.05, 4.69) is 38.8 Å². The zero-order chi connectivity index (χ0) is 18.5. The molecular formula is C21H28N4O2. The minimum atomic E-state index is 0.00846. The van der Waals surface area contributed by atoms with Crippen molar-refractivity contribution >= 4 is 5.91 Å². The number of carbonyl (C=O) groups excluding carboxylic acids is 1. The number of imidazole rings is 1. The quantitative estimate of drug-likeness (QED) is 0.697. The third-order valence-electron chi connectivity index (χ3n) is 5.62. The monoisotopic (exact) mass is 368 g/mol. The van der Waals surface area contributed by atoms with E-state index in [0.717, 1.165) is 43.8 Å². The van der Waals surface area contributed by atoms with Crippen LogP contribution in [0.2, 0.25) is 0 Å². The van der Waals surface area contributed by atoms with Crippen LogP contribution >= 0.6 is 0 Å². The third kappa shape index (κ3) is 4.69. The first-order chi connectivity index (χ1) is 13.3. The summed E-state index contributed by atoms with van der Waals surface area (Å²) in [6.07, 6.45) is 8.71. The molecule has 1 amide bonds. The molecule has 0 saturated carbocycles. The van der Waals surface area contributed by atoms with Crippen LogP contribution in [0.3, 0.4) is 0 Å². The van der Waals surface area contributed by atoms with Crippen molar-refractivity contribution in [1.29, 1.82) is 0 Å². The summed E-state index contributed by atoms with van der Waals surface area (Å²) in [5.41, 5.74) is 3.94. The van der Waals surface area contributed by atoms with Gasteiger partial charge in [0.25, 0.3) is 0 Å². The first-order valence-corrected chi connectivity index (χ1v) is 9.98. The number of nitrogens with one attached hydrogen (secondary N) is 3. The lowest BCUT2D eigenvalue weighted by Crippen LogP contribution is -2.45. The van der Waals surface area contributed by atoms with Crippen molar-refractivity contribution in [3.05, 3.63) is 47.5 Å². The zero-order valence-corrected chi connectivity index (χ0v) is 15.7. The summed E-state index contributed by atoms with van der Waals surface area (Å²) in [4.78, 5) is 19.5. The van der Waals surface area contributed by atoms with Gasteiger partial charge in [-0.25, -0.2) is 4.98 Å². The van der Waals surface area contributed by atoms with Gasteiger partial charge in [0.2, 0.25) is 5.91 Å². The van der Waals surface area contributed by atoms with Crippen molar-refractivity contribution < 1.29 is 9.53 Å². The fourth-order valence-electron chi connectivity index (χ4n) is 4.10. The van der Waals surface area contributed by atoms with Crippen molar-refractivity contribution in [1.82, 2.24) is 20.6 Å². The van der Waals surface area contributed by atoms with Gasteiger partial charge in [-0.05, 0) is 48.9 Å². The Kier molecular flexibility index (Phi) is 5.72. The van der Waals surface area contributed by atoms with E-state index >= 15 is 0 Å². The predicted octanol–water partition coefficient (Wildman–Crippen LogP) is 1.86. The Hall–Kier alpha value is -2.34. The largest absolute Gasteiger partial charge is 0.493 e. The minimum absolute atomic E-state index is 0.00846. The number of H-pyrrole nitrogens is 1. The minimum Gasteiger partial charge on any atom is -0.493 e. The molecule has 144 valence electrons. The molecule has 1 saturated heterocycles. The zero-order valence-electron chi connectivity index (χ0n) is 15.7. The molecule has 4 rings (SSSR count). The van der Waals surface area contributed by atoms with Gasteiger partial charge in [-0.15, -0.1) is 0 Å². The number of fused-ring (bicyclic) bond motifs is 1. The molecule has 6 heteroatoms. The van der Waals surface area contributed by atoms with Crippen LogP contribution < -0.4 is 15.4 Å². The van der Waals surface area contributed by atoms with Gasteiger partial charge >= 0.3 is 0 Å². The Morgan fingerprint density at radius 1 is 1.26 bits per heavy atom. The molecule has 0 unspecified atom stereocenters. The molecule has 2 aromatic rings. The Labute approximate surface area is 160 Å². The number of amides is 1. The van der Waals surface area contributed by atoms with Crippen LogP contribution in [0.15, 0.2) is 30.7 Å². The fraction of sp³-hybridized carbons (Fsp3) is 0.524. The number of hydrogen-bond donors (Lipinski definition) is 3. The van der Waals surface area contributed by atoms with Gasteiger partial charge in [-0.3, -0.25) is 4.79 Å². The molecule has 6 nitrogen and oxygen atoms in total. The van der Waals surface area contributed by atoms with Crippen LogP contribution in [0.1, 0.15) is 29.7 Å². The van der Waals surface area contributed by atoms with E-state index in [4.69, 9.17) is 4.74 Å². The standard InChI is InChI=1S/C21H28N4O2/c26-21(24-7-6-19-12-23-14-25-19)18-8-15(10-22-11-18)13-27-20-5-4-16-2-1-3-17(16)9-20/h4-5,9,12,14-15,18,22H,1-3,6-8,10-11,13H2,(H,23,25)(H,24,26)/t15-,18+/m0/s1. The van der Waals surface area contributed by atoms with Crippen molar-refractivity contribution in [3.8, 4) is 5.75 Å². The van der Waals surface area contributed by atoms with E-state index in [1.165, 1.54) is 24.0 Å². The van der Waals surface area contributed by atoms with Gasteiger partial charge < -0.3 is 20.4 Å². The van der Waals surface area contributed by atoms with Gasteiger partial charge in [-0.1, -0.05) is 6.07 Å². The van der Waals surface area contributed by atoms with Gasteiger partial charge in [0.1, 0.15) is 5.75 Å². The number of benzene rings is 1. The molecule has 27 heavy (non-hydrogen) atoms. The smallest absolute Gasteiger partial charge is 0.224 e. The molecule has 1 aromatic heterocycles. The number of aromatic nitrogens is 2. The Morgan fingerprint density at radius 2 is 2.19 bits per heavy atom. The second kappa shape index (κ2) is 8.57. The highest BCUT2D eigenvalue weighted by atomic mass is 16.5. The van der Waals surface area contributed by atoms with Crippen LogP contribution in [0.5, 0.6) is 5.75 Å². The van der Waals surface area contributed by atoms with Gasteiger partial charge in [0.05, 0.1) is 18.9 Å². The van der Waals surface area contributed by atoms with E-state index in [1.807, 2.05) is 0 Å². The number of aromatic amines is 1. The number of hydrogen-bond acceptors (Lipinski definition) is 4. The normalized spacial score (nSPS) is 21.6. The van der Waals surface area contributed by atoms with Crippen LogP contribution in [0, 0.1) is 11.8 Å². The summed E-state index contributed by atoms with van der Waals surface area (Å²) in [6, 6.07) is 6.48. The average molecular weight is 368 g/mol. The van der Waals surface area contributed by atoms with Gasteiger partial charge in [0.15, 0.2) is 0 Å². The lowest BCUT2D eigenvalue weighted by atomic mass is 9.90. The SMILES string of the molecule is O=C(NCCc1cnc[nH]1)[C@H]1CNC[C@@H](COc2ccc3c(c2)CCC3)C1. The first kappa shape index (κ1) is 18.0. The number of aryl methyl sites for hydroxylation is 2. The number of carbonyl (C=O) groups is 1. The van der Waals surface area contributed by atoms with Crippen molar-refractivity contribution in [2.45, 2.75) is 32.1 Å². The van der Waals surface area contributed by atoms with Gasteiger partial charge in [0, 0.05) is 43.9 Å². The molecule has 0 bridgehead atoms. The molecule has 1 aliphatic heterocycles. The molecule has 2 heterocycles. The first-order valence-electron chi connectivity index (χ1n) is 9.98. The maximum absolute atomic E-state index is 12.5. The summed E-state index contributed by atoms with van der Waals surface area (Å²) < 4.78 is 6.05. The fourth-order valence-corrected chi connectivity index (χ4v) is 4.10. The Balaban J connectivity index is 1.22. The van der Waals surface area contributed by atoms with Crippen LogP contribution in [0.25, 0.3) is 0 Å². The summed E-state index contributed by atoms with van der Waals surface area (Å²) >= 11 is 0. The highest BCUT2D eigenvalue weighted by molar-refractivity contribution is 5.79. The van der Waals surface area contributed by atoms with Crippen molar-refractivity contribution in [2.75, 3.05) is 26.2 Å². The van der Waals surface area contributed by atoms with E-state index in [9.17, 15) is 4.79 Å². The second-order valence-electron chi connectivity index (χ2n) is 7.67. The van der Waals surface area contributed by atoms with E-state index in [-0.39, 0.29) is 11.8 Å². The topological polar surface area (TPSA) is 79.0 Å². The number of rotatable bonds is 7. The highest BCUT2D eigenvalue weighted by Crippen LogP contribution is 2.27. The third-order valence-corrected chi connectivity index (χ3v) is 5.62. The second-order valence-corrected chi connectivity index (χ2v) is 7.67. The van der Waals surface area contributed by atoms with E-state index in [1.54, 1.807) is 12.5 Å². The molecule has 1 aliphatic carbocycles. The molecule has 0 spiro atoms. The van der Waals surface area contributed by atoms with E-state index in [0.29, 0.717) is 19.1 Å². The van der Waals surface area contributed by atoms with Crippen molar-refractivity contribution in [3.63, 3.8) is 0 Å². The molecule has 2 aliphatic rings. The Bertz CT molecular complexity index is 760. The maximum atomic E-state index is 12.5. The van der Waals surface area contributed by atoms with Crippen molar-refractivity contribution in [2.24, 2.45) is 11.8 Å². The van der Waals surface area contributed by atoms with Gasteiger partial charge in [-0.2, -0.15) is 0 Å². The average Bonchev–Trinajstić information content (AvgIpc) is 3.38. The summed E-state index contributed by atoms with van der Waals surface area (Å²) in [7, 11) is 0. The molecule has 0 radical (unpaired) electrons. The molecule has 3 N–H and O–H groups in total. The van der Waals surface area contributed by atoms with Crippen LogP contribution in [-0.2, 0) is 24.1 Å². The molecule has 1 aromatic carbocycles. The number of piperidine rings is 1. The molecule has 2 atom stereocenters. The molecule has 1 fully saturated rings. The number of nitrogens with zero attached hydrogens (tertiary/aromatic N) is 1.